The molecular formula is C27H35N3O6. The highest BCUT2D eigenvalue weighted by molar-refractivity contribution is 6.03. The number of ether oxygens (including phenoxy) is 4. The van der Waals surface area contributed by atoms with E-state index in [0.717, 1.165) is 16.8 Å². The van der Waals surface area contributed by atoms with Gasteiger partial charge in [-0.15, -0.1) is 0 Å². The maximum atomic E-state index is 13.7. The summed E-state index contributed by atoms with van der Waals surface area (Å²) in [5.74, 6) is 1.29. The molecule has 2 aromatic rings. The van der Waals surface area contributed by atoms with Crippen molar-refractivity contribution in [2.45, 2.75) is 26.3 Å². The van der Waals surface area contributed by atoms with Crippen LogP contribution in [0.3, 0.4) is 0 Å². The molecule has 1 atom stereocenters. The van der Waals surface area contributed by atoms with Gasteiger partial charge < -0.3 is 23.8 Å². The van der Waals surface area contributed by atoms with E-state index in [1.165, 1.54) is 9.91 Å². The number of methoxy groups -OCH3 is 4. The van der Waals surface area contributed by atoms with Crippen LogP contribution < -0.4 is 14.2 Å². The first-order valence-electron chi connectivity index (χ1n) is 11.9. The highest BCUT2D eigenvalue weighted by atomic mass is 16.5. The topological polar surface area (TPSA) is 89.9 Å². The first-order valence-corrected chi connectivity index (χ1v) is 11.9. The summed E-state index contributed by atoms with van der Waals surface area (Å²) in [6.07, 6.45) is 0.457. The molecule has 0 bridgehead atoms. The van der Waals surface area contributed by atoms with E-state index in [-0.39, 0.29) is 24.3 Å². The summed E-state index contributed by atoms with van der Waals surface area (Å²) in [4.78, 5) is 28.0. The van der Waals surface area contributed by atoms with E-state index in [2.05, 4.69) is 0 Å². The van der Waals surface area contributed by atoms with Gasteiger partial charge in [-0.2, -0.15) is 5.10 Å². The third kappa shape index (κ3) is 6.15. The lowest BCUT2D eigenvalue weighted by atomic mass is 9.97. The zero-order valence-electron chi connectivity index (χ0n) is 21.8. The van der Waals surface area contributed by atoms with Gasteiger partial charge in [0.15, 0.2) is 0 Å². The summed E-state index contributed by atoms with van der Waals surface area (Å²) in [6.45, 7) is 4.15. The number of hydrogen-bond acceptors (Lipinski definition) is 7. The van der Waals surface area contributed by atoms with Gasteiger partial charge in [0.05, 0.1) is 39.7 Å². The first kappa shape index (κ1) is 27.0. The average Bonchev–Trinajstić information content (AvgIpc) is 3.35. The minimum atomic E-state index is -0.442. The van der Waals surface area contributed by atoms with Crippen LogP contribution in [0.2, 0.25) is 0 Å². The summed E-state index contributed by atoms with van der Waals surface area (Å²) >= 11 is 0. The zero-order chi connectivity index (χ0) is 26.2. The lowest BCUT2D eigenvalue weighted by molar-refractivity contribution is -0.143. The Labute approximate surface area is 212 Å². The predicted octanol–water partition coefficient (Wildman–Crippen LogP) is 3.52. The molecule has 9 heteroatoms. The fourth-order valence-electron chi connectivity index (χ4n) is 4.13. The number of benzene rings is 2. The number of amides is 2. The van der Waals surface area contributed by atoms with Crippen LogP contribution >= 0.6 is 0 Å². The molecular weight excluding hydrogens is 462 g/mol. The van der Waals surface area contributed by atoms with Gasteiger partial charge in [-0.1, -0.05) is 26.0 Å². The molecule has 194 valence electrons. The maximum Gasteiger partial charge on any atom is 0.262 e. The van der Waals surface area contributed by atoms with E-state index < -0.39 is 6.04 Å². The molecule has 36 heavy (non-hydrogen) atoms. The number of hydrazone groups is 1. The van der Waals surface area contributed by atoms with E-state index in [9.17, 15) is 9.59 Å². The molecule has 0 fully saturated rings. The van der Waals surface area contributed by atoms with Crippen molar-refractivity contribution in [2.75, 3.05) is 48.1 Å². The Morgan fingerprint density at radius 1 is 1.03 bits per heavy atom. The zero-order valence-corrected chi connectivity index (χ0v) is 21.8. The molecule has 3 rings (SSSR count). The monoisotopic (exact) mass is 497 g/mol. The van der Waals surface area contributed by atoms with Crippen LogP contribution in [0.1, 0.15) is 37.4 Å². The molecule has 2 aromatic carbocycles. The predicted molar refractivity (Wildman–Crippen MR) is 137 cm³/mol. The SMILES string of the molecule is COCCN(CC(=O)N1N=C(c2cccc(OC)c2)C[C@@H]1c1cc(OC)ccc1OC)C(=O)C(C)C. The van der Waals surface area contributed by atoms with E-state index in [4.69, 9.17) is 24.0 Å². The minimum absolute atomic E-state index is 0.113. The molecule has 0 aromatic heterocycles. The number of carbonyl (C=O) groups excluding carboxylic acids is 2. The smallest absolute Gasteiger partial charge is 0.262 e. The van der Waals surface area contributed by atoms with Crippen LogP contribution in [0.25, 0.3) is 0 Å². The fraction of sp³-hybridized carbons (Fsp3) is 0.444. The molecule has 9 nitrogen and oxygen atoms in total. The number of rotatable bonds is 11. The van der Waals surface area contributed by atoms with Crippen molar-refractivity contribution in [3.8, 4) is 17.2 Å². The standard InChI is InChI=1S/C27H35N3O6/c1-18(2)27(32)29(12-13-33-3)17-26(31)30-24(22-15-21(35-5)10-11-25(22)36-6)16-23(28-30)19-8-7-9-20(14-19)34-4/h7-11,14-15,18,24H,12-13,16-17H2,1-6H3/t24-/m1/s1. The van der Waals surface area contributed by atoms with E-state index >= 15 is 0 Å². The largest absolute Gasteiger partial charge is 0.497 e. The van der Waals surface area contributed by atoms with Gasteiger partial charge in [0, 0.05) is 37.1 Å². The number of nitrogens with zero attached hydrogens (tertiary/aromatic N) is 3. The third-order valence-corrected chi connectivity index (χ3v) is 6.06. The second kappa shape index (κ2) is 12.4. The van der Waals surface area contributed by atoms with Crippen LogP contribution in [0, 0.1) is 5.92 Å². The lowest BCUT2D eigenvalue weighted by Crippen LogP contribution is -2.44. The first-order chi connectivity index (χ1) is 17.3. The van der Waals surface area contributed by atoms with Crippen LogP contribution in [0.5, 0.6) is 17.2 Å². The molecule has 2 amide bonds. The van der Waals surface area contributed by atoms with Crippen LogP contribution in [0.4, 0.5) is 0 Å². The summed E-state index contributed by atoms with van der Waals surface area (Å²) in [7, 11) is 6.35. The summed E-state index contributed by atoms with van der Waals surface area (Å²) in [5, 5.41) is 6.20. The van der Waals surface area contributed by atoms with Crippen molar-refractivity contribution >= 4 is 17.5 Å². The average molecular weight is 498 g/mol. The van der Waals surface area contributed by atoms with Crippen molar-refractivity contribution in [1.29, 1.82) is 0 Å². The van der Waals surface area contributed by atoms with Crippen molar-refractivity contribution in [2.24, 2.45) is 11.0 Å². The Hall–Kier alpha value is -3.59. The van der Waals surface area contributed by atoms with Crippen LogP contribution in [-0.4, -0.2) is 75.6 Å². The summed E-state index contributed by atoms with van der Waals surface area (Å²) in [6, 6.07) is 12.6. The van der Waals surface area contributed by atoms with Crippen molar-refractivity contribution in [1.82, 2.24) is 9.91 Å². The summed E-state index contributed by atoms with van der Waals surface area (Å²) < 4.78 is 21.6. The Bertz CT molecular complexity index is 1100. The maximum absolute atomic E-state index is 13.7. The van der Waals surface area contributed by atoms with Crippen molar-refractivity contribution in [3.63, 3.8) is 0 Å². The molecule has 0 saturated carbocycles. The molecule has 1 heterocycles. The van der Waals surface area contributed by atoms with Crippen molar-refractivity contribution < 1.29 is 28.5 Å². The molecule has 0 radical (unpaired) electrons. The van der Waals surface area contributed by atoms with E-state index in [0.29, 0.717) is 36.8 Å². The van der Waals surface area contributed by atoms with Gasteiger partial charge in [-0.05, 0) is 30.3 Å². The Morgan fingerprint density at radius 3 is 2.39 bits per heavy atom. The van der Waals surface area contributed by atoms with Gasteiger partial charge >= 0.3 is 0 Å². The quantitative estimate of drug-likeness (QED) is 0.472. The normalized spacial score (nSPS) is 15.0. The van der Waals surface area contributed by atoms with Gasteiger partial charge in [0.2, 0.25) is 5.91 Å². The third-order valence-electron chi connectivity index (χ3n) is 6.06. The Morgan fingerprint density at radius 2 is 1.75 bits per heavy atom. The fourth-order valence-corrected chi connectivity index (χ4v) is 4.13. The molecule has 0 saturated heterocycles. The molecule has 1 aliphatic heterocycles. The highest BCUT2D eigenvalue weighted by Gasteiger charge is 2.36. The Balaban J connectivity index is 2.01. The van der Waals surface area contributed by atoms with Gasteiger partial charge in [-0.25, -0.2) is 5.01 Å². The number of carbonyl (C=O) groups is 2. The minimum Gasteiger partial charge on any atom is -0.497 e. The molecule has 0 aliphatic carbocycles. The van der Waals surface area contributed by atoms with Gasteiger partial charge in [0.1, 0.15) is 23.8 Å². The molecule has 0 unspecified atom stereocenters. The van der Waals surface area contributed by atoms with E-state index in [1.807, 2.05) is 50.2 Å². The molecule has 0 N–H and O–H groups in total. The summed E-state index contributed by atoms with van der Waals surface area (Å²) in [5.41, 5.74) is 2.35. The Kier molecular flexibility index (Phi) is 9.30. The highest BCUT2D eigenvalue weighted by Crippen LogP contribution is 2.39. The van der Waals surface area contributed by atoms with Gasteiger partial charge in [0.25, 0.3) is 5.91 Å². The van der Waals surface area contributed by atoms with E-state index in [1.54, 1.807) is 34.5 Å². The second-order valence-corrected chi connectivity index (χ2v) is 8.75. The van der Waals surface area contributed by atoms with Crippen LogP contribution in [-0.2, 0) is 14.3 Å². The van der Waals surface area contributed by atoms with Crippen molar-refractivity contribution in [3.05, 3.63) is 53.6 Å². The van der Waals surface area contributed by atoms with Crippen LogP contribution in [0.15, 0.2) is 47.6 Å². The molecule has 0 spiro atoms. The number of hydrogen-bond donors (Lipinski definition) is 0. The van der Waals surface area contributed by atoms with Gasteiger partial charge in [-0.3, -0.25) is 9.59 Å². The molecule has 1 aliphatic rings. The lowest BCUT2D eigenvalue weighted by Gasteiger charge is -2.28. The second-order valence-electron chi connectivity index (χ2n) is 8.75.